The van der Waals surface area contributed by atoms with Crippen molar-refractivity contribution in [2.45, 2.75) is 78.3 Å². The highest BCUT2D eigenvalue weighted by molar-refractivity contribution is 4.95. The summed E-state index contributed by atoms with van der Waals surface area (Å²) in [6, 6.07) is 1.25. The summed E-state index contributed by atoms with van der Waals surface area (Å²) in [5, 5.41) is 0. The Balaban J connectivity index is 2.01. The molecular weight excluding hydrogens is 232 g/mol. The van der Waals surface area contributed by atoms with Crippen molar-refractivity contribution in [3.8, 4) is 0 Å². The minimum Gasteiger partial charge on any atom is -0.327 e. The molecule has 0 spiro atoms. The number of piperidine rings is 1. The molecule has 2 fully saturated rings. The Labute approximate surface area is 120 Å². The first-order valence-electron chi connectivity index (χ1n) is 8.46. The van der Waals surface area contributed by atoms with Gasteiger partial charge in [-0.2, -0.15) is 0 Å². The molecule has 1 saturated heterocycles. The molecule has 0 radical (unpaired) electrons. The van der Waals surface area contributed by atoms with Crippen LogP contribution < -0.4 is 5.73 Å². The minimum atomic E-state index is 0.396. The smallest absolute Gasteiger partial charge is 0.00927 e. The molecule has 2 rings (SSSR count). The number of nitrogens with two attached hydrogens (primary N) is 1. The van der Waals surface area contributed by atoms with E-state index in [-0.39, 0.29) is 0 Å². The van der Waals surface area contributed by atoms with Crippen molar-refractivity contribution in [2.75, 3.05) is 13.1 Å². The molecule has 2 nitrogen and oxygen atoms in total. The maximum absolute atomic E-state index is 6.29. The zero-order valence-corrected chi connectivity index (χ0v) is 13.5. The topological polar surface area (TPSA) is 29.3 Å². The van der Waals surface area contributed by atoms with Crippen LogP contribution in [-0.2, 0) is 0 Å². The molecule has 1 heterocycles. The molecular formula is C17H34N2. The van der Waals surface area contributed by atoms with Crippen LogP contribution in [0, 0.1) is 17.3 Å². The summed E-state index contributed by atoms with van der Waals surface area (Å²) in [6.07, 6.45) is 8.12. The van der Waals surface area contributed by atoms with Gasteiger partial charge in [-0.1, -0.05) is 34.1 Å². The Morgan fingerprint density at radius 1 is 1.16 bits per heavy atom. The predicted molar refractivity (Wildman–Crippen MR) is 83.1 cm³/mol. The van der Waals surface area contributed by atoms with Crippen molar-refractivity contribution < 1.29 is 0 Å². The van der Waals surface area contributed by atoms with Crippen LogP contribution in [0.2, 0.25) is 0 Å². The van der Waals surface area contributed by atoms with Crippen molar-refractivity contribution in [1.82, 2.24) is 4.90 Å². The fourth-order valence-electron chi connectivity index (χ4n) is 4.31. The number of hydrogen-bond acceptors (Lipinski definition) is 2. The highest BCUT2D eigenvalue weighted by Gasteiger charge is 2.42. The van der Waals surface area contributed by atoms with Gasteiger partial charge >= 0.3 is 0 Å². The number of nitrogens with zero attached hydrogens (tertiary/aromatic N) is 1. The third-order valence-corrected chi connectivity index (χ3v) is 6.39. The summed E-state index contributed by atoms with van der Waals surface area (Å²) in [5.74, 6) is 1.48. The van der Waals surface area contributed by atoms with Gasteiger partial charge in [0.2, 0.25) is 0 Å². The maximum atomic E-state index is 6.29. The van der Waals surface area contributed by atoms with Crippen LogP contribution in [0.15, 0.2) is 0 Å². The fraction of sp³-hybridized carbons (Fsp3) is 1.00. The van der Waals surface area contributed by atoms with Crippen LogP contribution in [-0.4, -0.2) is 30.1 Å². The van der Waals surface area contributed by atoms with Gasteiger partial charge in [-0.05, 0) is 55.9 Å². The lowest BCUT2D eigenvalue weighted by atomic mass is 9.61. The summed E-state index contributed by atoms with van der Waals surface area (Å²) in [4.78, 5) is 2.79. The van der Waals surface area contributed by atoms with Crippen molar-refractivity contribution in [3.63, 3.8) is 0 Å². The summed E-state index contributed by atoms with van der Waals surface area (Å²) >= 11 is 0. The molecule has 112 valence electrons. The Morgan fingerprint density at radius 3 is 2.58 bits per heavy atom. The second kappa shape index (κ2) is 6.13. The molecule has 1 aliphatic carbocycles. The molecule has 0 amide bonds. The summed E-state index contributed by atoms with van der Waals surface area (Å²) in [7, 11) is 0. The monoisotopic (exact) mass is 266 g/mol. The van der Waals surface area contributed by atoms with Gasteiger partial charge in [0.05, 0.1) is 0 Å². The highest BCUT2D eigenvalue weighted by Crippen LogP contribution is 2.45. The van der Waals surface area contributed by atoms with Crippen molar-refractivity contribution in [2.24, 2.45) is 23.0 Å². The fourth-order valence-corrected chi connectivity index (χ4v) is 4.31. The van der Waals surface area contributed by atoms with Crippen LogP contribution >= 0.6 is 0 Å². The van der Waals surface area contributed by atoms with Crippen LogP contribution in [0.5, 0.6) is 0 Å². The quantitative estimate of drug-likeness (QED) is 0.845. The van der Waals surface area contributed by atoms with E-state index >= 15 is 0 Å². The van der Waals surface area contributed by atoms with E-state index in [1.807, 2.05) is 0 Å². The second-order valence-corrected chi connectivity index (χ2v) is 7.60. The number of hydrogen-bond donors (Lipinski definition) is 1. The second-order valence-electron chi connectivity index (χ2n) is 7.60. The Morgan fingerprint density at radius 2 is 1.89 bits per heavy atom. The number of rotatable bonds is 3. The molecule has 4 atom stereocenters. The zero-order chi connectivity index (χ0) is 14.0. The van der Waals surface area contributed by atoms with Crippen molar-refractivity contribution in [3.05, 3.63) is 0 Å². The van der Waals surface area contributed by atoms with Gasteiger partial charge in [0.25, 0.3) is 0 Å². The zero-order valence-electron chi connectivity index (χ0n) is 13.5. The molecule has 0 aromatic carbocycles. The first-order valence-corrected chi connectivity index (χ1v) is 8.46. The van der Waals surface area contributed by atoms with Crippen molar-refractivity contribution in [1.29, 1.82) is 0 Å². The molecule has 0 bridgehead atoms. The first-order chi connectivity index (χ1) is 8.96. The lowest BCUT2D eigenvalue weighted by Gasteiger charge is -2.49. The van der Waals surface area contributed by atoms with Gasteiger partial charge < -0.3 is 10.6 Å². The molecule has 2 heteroatoms. The third-order valence-electron chi connectivity index (χ3n) is 6.39. The van der Waals surface area contributed by atoms with Crippen molar-refractivity contribution >= 4 is 0 Å². The molecule has 1 saturated carbocycles. The standard InChI is InChI=1S/C17H34N2/c1-5-15-8-6-7-11-19(15)12-14-9-10-16(18)13(2)17(14,3)4/h13-16H,5-12,18H2,1-4H3. The lowest BCUT2D eigenvalue weighted by Crippen LogP contribution is -2.52. The Kier molecular flexibility index (Phi) is 4.94. The predicted octanol–water partition coefficient (Wildman–Crippen LogP) is 3.65. The van der Waals surface area contributed by atoms with E-state index in [1.54, 1.807) is 0 Å². The van der Waals surface area contributed by atoms with E-state index in [1.165, 1.54) is 51.6 Å². The molecule has 0 aromatic rings. The van der Waals surface area contributed by atoms with Crippen LogP contribution in [0.4, 0.5) is 0 Å². The van der Waals surface area contributed by atoms with Gasteiger partial charge in [-0.25, -0.2) is 0 Å². The molecule has 4 unspecified atom stereocenters. The first kappa shape index (κ1) is 15.3. The van der Waals surface area contributed by atoms with E-state index in [9.17, 15) is 0 Å². The lowest BCUT2D eigenvalue weighted by molar-refractivity contribution is 0.0100. The van der Waals surface area contributed by atoms with E-state index in [0.717, 1.165) is 12.0 Å². The highest BCUT2D eigenvalue weighted by atomic mass is 15.2. The van der Waals surface area contributed by atoms with Gasteiger partial charge in [0.15, 0.2) is 0 Å². The van der Waals surface area contributed by atoms with Gasteiger partial charge in [0, 0.05) is 18.6 Å². The summed E-state index contributed by atoms with van der Waals surface area (Å²) in [5.41, 5.74) is 6.69. The van der Waals surface area contributed by atoms with Gasteiger partial charge in [-0.15, -0.1) is 0 Å². The molecule has 0 aromatic heterocycles. The van der Waals surface area contributed by atoms with E-state index in [4.69, 9.17) is 5.73 Å². The Bertz CT molecular complexity index is 287. The van der Waals surface area contributed by atoms with Crippen LogP contribution in [0.25, 0.3) is 0 Å². The SMILES string of the molecule is CCC1CCCCN1CC1CCC(N)C(C)C1(C)C. The average Bonchev–Trinajstić information content (AvgIpc) is 2.40. The molecule has 19 heavy (non-hydrogen) atoms. The largest absolute Gasteiger partial charge is 0.327 e. The normalized spacial score (nSPS) is 40.3. The molecule has 1 aliphatic heterocycles. The average molecular weight is 266 g/mol. The minimum absolute atomic E-state index is 0.396. The third kappa shape index (κ3) is 3.16. The molecule has 2 aliphatic rings. The van der Waals surface area contributed by atoms with E-state index in [0.29, 0.717) is 17.4 Å². The van der Waals surface area contributed by atoms with E-state index in [2.05, 4.69) is 32.6 Å². The van der Waals surface area contributed by atoms with Crippen LogP contribution in [0.3, 0.4) is 0 Å². The number of likely N-dealkylation sites (tertiary alicyclic amines) is 1. The summed E-state index contributed by atoms with van der Waals surface area (Å²) < 4.78 is 0. The summed E-state index contributed by atoms with van der Waals surface area (Å²) in [6.45, 7) is 12.3. The molecule has 2 N–H and O–H groups in total. The van der Waals surface area contributed by atoms with E-state index < -0.39 is 0 Å². The van der Waals surface area contributed by atoms with Gasteiger partial charge in [0.1, 0.15) is 0 Å². The van der Waals surface area contributed by atoms with Crippen LogP contribution in [0.1, 0.15) is 66.2 Å². The van der Waals surface area contributed by atoms with Gasteiger partial charge in [-0.3, -0.25) is 0 Å². The Hall–Kier alpha value is -0.0800. The maximum Gasteiger partial charge on any atom is 0.00927 e.